The minimum absolute atomic E-state index is 0.590. The van der Waals surface area contributed by atoms with Crippen molar-refractivity contribution in [1.29, 1.82) is 0 Å². The average Bonchev–Trinajstić information content (AvgIpc) is 2.52. The van der Waals surface area contributed by atoms with Gasteiger partial charge in [-0.1, -0.05) is 41.8 Å². The molecule has 0 bridgehead atoms. The van der Waals surface area contributed by atoms with E-state index in [0.717, 1.165) is 31.5 Å². The topological polar surface area (TPSA) is 21.3 Å². The third-order valence-electron chi connectivity index (χ3n) is 3.85. The van der Waals surface area contributed by atoms with Crippen molar-refractivity contribution in [3.8, 4) is 5.75 Å². The molecule has 0 radical (unpaired) electrons. The standard InChI is InChI=1S/C18H25Cl2NO/c1-2-10-22-18-16(19)11-15(12-17(18)20)13-21-9-8-14-6-4-3-5-7-14/h6,11-12,21H,2-5,7-10,13H2,1H3. The first-order valence-corrected chi connectivity index (χ1v) is 8.95. The third kappa shape index (κ3) is 5.49. The van der Waals surface area contributed by atoms with Crippen molar-refractivity contribution in [1.82, 2.24) is 5.32 Å². The van der Waals surface area contributed by atoms with E-state index in [4.69, 9.17) is 27.9 Å². The number of hydrogen-bond acceptors (Lipinski definition) is 2. The minimum Gasteiger partial charge on any atom is -0.490 e. The predicted octanol–water partition coefficient (Wildman–Crippen LogP) is 5.76. The highest BCUT2D eigenvalue weighted by molar-refractivity contribution is 6.37. The lowest BCUT2D eigenvalue weighted by molar-refractivity contribution is 0.317. The summed E-state index contributed by atoms with van der Waals surface area (Å²) >= 11 is 12.5. The molecule has 1 aromatic rings. The van der Waals surface area contributed by atoms with Gasteiger partial charge >= 0.3 is 0 Å². The number of hydrogen-bond donors (Lipinski definition) is 1. The maximum absolute atomic E-state index is 6.26. The second-order valence-electron chi connectivity index (χ2n) is 5.77. The number of halogens is 2. The summed E-state index contributed by atoms with van der Waals surface area (Å²) in [5.41, 5.74) is 2.69. The van der Waals surface area contributed by atoms with Crippen molar-refractivity contribution in [3.05, 3.63) is 39.4 Å². The summed E-state index contributed by atoms with van der Waals surface area (Å²) < 4.78 is 5.58. The Kier molecular flexibility index (Phi) is 7.57. The molecule has 0 saturated heterocycles. The fourth-order valence-corrected chi connectivity index (χ4v) is 3.31. The first-order chi connectivity index (χ1) is 10.7. The summed E-state index contributed by atoms with van der Waals surface area (Å²) in [4.78, 5) is 0. The van der Waals surface area contributed by atoms with Crippen LogP contribution in [-0.2, 0) is 6.54 Å². The molecule has 1 aromatic carbocycles. The number of rotatable bonds is 8. The third-order valence-corrected chi connectivity index (χ3v) is 4.41. The molecule has 1 aliphatic rings. The molecule has 4 heteroatoms. The molecular weight excluding hydrogens is 317 g/mol. The van der Waals surface area contributed by atoms with Crippen LogP contribution in [0.25, 0.3) is 0 Å². The van der Waals surface area contributed by atoms with E-state index >= 15 is 0 Å². The van der Waals surface area contributed by atoms with Gasteiger partial charge in [-0.05, 0) is 62.8 Å². The molecular formula is C18H25Cl2NO. The summed E-state index contributed by atoms with van der Waals surface area (Å²) in [6.45, 7) is 4.46. The number of allylic oxidation sites excluding steroid dienone is 1. The molecule has 22 heavy (non-hydrogen) atoms. The second-order valence-corrected chi connectivity index (χ2v) is 6.59. The Morgan fingerprint density at radius 3 is 2.59 bits per heavy atom. The van der Waals surface area contributed by atoms with Crippen LogP contribution in [0.15, 0.2) is 23.8 Å². The van der Waals surface area contributed by atoms with Gasteiger partial charge in [0.15, 0.2) is 5.75 Å². The molecule has 0 atom stereocenters. The molecule has 0 aromatic heterocycles. The van der Waals surface area contributed by atoms with Gasteiger partial charge < -0.3 is 10.1 Å². The molecule has 2 rings (SSSR count). The van der Waals surface area contributed by atoms with Gasteiger partial charge in [-0.15, -0.1) is 0 Å². The molecule has 0 fully saturated rings. The quantitative estimate of drug-likeness (QED) is 0.479. The van der Waals surface area contributed by atoms with E-state index in [9.17, 15) is 0 Å². The SMILES string of the molecule is CCCOc1c(Cl)cc(CNCCC2=CCCCC2)cc1Cl. The monoisotopic (exact) mass is 341 g/mol. The Morgan fingerprint density at radius 1 is 1.18 bits per heavy atom. The summed E-state index contributed by atoms with van der Waals surface area (Å²) in [5, 5.41) is 4.65. The fourth-order valence-electron chi connectivity index (χ4n) is 2.67. The van der Waals surface area contributed by atoms with Gasteiger partial charge in [-0.3, -0.25) is 0 Å². The van der Waals surface area contributed by atoms with Gasteiger partial charge in [0, 0.05) is 6.54 Å². The van der Waals surface area contributed by atoms with Gasteiger partial charge in [-0.2, -0.15) is 0 Å². The summed E-state index contributed by atoms with van der Waals surface area (Å²) in [6, 6.07) is 3.87. The molecule has 0 heterocycles. The van der Waals surface area contributed by atoms with Gasteiger partial charge in [0.25, 0.3) is 0 Å². The first-order valence-electron chi connectivity index (χ1n) is 8.20. The van der Waals surface area contributed by atoms with Gasteiger partial charge in [0.1, 0.15) is 0 Å². The highest BCUT2D eigenvalue weighted by atomic mass is 35.5. The fraction of sp³-hybridized carbons (Fsp3) is 0.556. The van der Waals surface area contributed by atoms with Crippen LogP contribution in [0, 0.1) is 0 Å². The average molecular weight is 342 g/mol. The Hall–Kier alpha value is -0.700. The van der Waals surface area contributed by atoms with Crippen LogP contribution in [0.1, 0.15) is 51.0 Å². The minimum atomic E-state index is 0.590. The summed E-state index contributed by atoms with van der Waals surface area (Å²) in [7, 11) is 0. The van der Waals surface area contributed by atoms with Crippen LogP contribution in [0.3, 0.4) is 0 Å². The molecule has 1 aliphatic carbocycles. The molecule has 0 spiro atoms. The lowest BCUT2D eigenvalue weighted by atomic mass is 9.97. The van der Waals surface area contributed by atoms with Crippen molar-refractivity contribution < 1.29 is 4.74 Å². The van der Waals surface area contributed by atoms with Crippen LogP contribution in [0.4, 0.5) is 0 Å². The van der Waals surface area contributed by atoms with E-state index in [1.807, 2.05) is 12.1 Å². The van der Waals surface area contributed by atoms with Crippen LogP contribution in [0.5, 0.6) is 5.75 Å². The molecule has 122 valence electrons. The van der Waals surface area contributed by atoms with E-state index in [2.05, 4.69) is 18.3 Å². The zero-order valence-corrected chi connectivity index (χ0v) is 14.8. The van der Waals surface area contributed by atoms with E-state index < -0.39 is 0 Å². The number of benzene rings is 1. The van der Waals surface area contributed by atoms with Gasteiger partial charge in [-0.25, -0.2) is 0 Å². The van der Waals surface area contributed by atoms with E-state index in [1.165, 1.54) is 25.7 Å². The van der Waals surface area contributed by atoms with Crippen LogP contribution < -0.4 is 10.1 Å². The lowest BCUT2D eigenvalue weighted by Gasteiger charge is -2.14. The number of nitrogens with one attached hydrogen (secondary N) is 1. The molecule has 0 saturated carbocycles. The second kappa shape index (κ2) is 9.44. The molecule has 2 nitrogen and oxygen atoms in total. The van der Waals surface area contributed by atoms with Crippen molar-refractivity contribution in [2.24, 2.45) is 0 Å². The van der Waals surface area contributed by atoms with Crippen molar-refractivity contribution in [3.63, 3.8) is 0 Å². The zero-order valence-electron chi connectivity index (χ0n) is 13.3. The van der Waals surface area contributed by atoms with Crippen LogP contribution >= 0.6 is 23.2 Å². The highest BCUT2D eigenvalue weighted by Crippen LogP contribution is 2.34. The van der Waals surface area contributed by atoms with Gasteiger partial charge in [0.05, 0.1) is 16.7 Å². The van der Waals surface area contributed by atoms with Crippen LogP contribution in [0.2, 0.25) is 10.0 Å². The largest absolute Gasteiger partial charge is 0.490 e. The van der Waals surface area contributed by atoms with Crippen molar-refractivity contribution >= 4 is 23.2 Å². The van der Waals surface area contributed by atoms with E-state index in [0.29, 0.717) is 22.4 Å². The Morgan fingerprint density at radius 2 is 1.95 bits per heavy atom. The molecule has 0 aliphatic heterocycles. The Balaban J connectivity index is 1.81. The summed E-state index contributed by atoms with van der Waals surface area (Å²) in [6.07, 6.45) is 9.68. The summed E-state index contributed by atoms with van der Waals surface area (Å²) in [5.74, 6) is 0.598. The van der Waals surface area contributed by atoms with E-state index in [1.54, 1.807) is 5.57 Å². The Bertz CT molecular complexity index is 491. The van der Waals surface area contributed by atoms with Crippen molar-refractivity contribution in [2.75, 3.05) is 13.2 Å². The maximum Gasteiger partial charge on any atom is 0.156 e. The number of ether oxygens (including phenoxy) is 1. The predicted molar refractivity (Wildman–Crippen MR) is 95.1 cm³/mol. The van der Waals surface area contributed by atoms with Gasteiger partial charge in [0.2, 0.25) is 0 Å². The Labute approximate surface area is 143 Å². The maximum atomic E-state index is 6.26. The molecule has 0 unspecified atom stereocenters. The smallest absolute Gasteiger partial charge is 0.156 e. The van der Waals surface area contributed by atoms with Crippen LogP contribution in [-0.4, -0.2) is 13.2 Å². The van der Waals surface area contributed by atoms with Crippen molar-refractivity contribution in [2.45, 2.75) is 52.0 Å². The van der Waals surface area contributed by atoms with E-state index in [-0.39, 0.29) is 0 Å². The first kappa shape index (κ1) is 17.7. The molecule has 0 amide bonds. The highest BCUT2D eigenvalue weighted by Gasteiger charge is 2.09. The lowest BCUT2D eigenvalue weighted by Crippen LogP contribution is -2.15. The molecule has 1 N–H and O–H groups in total. The normalized spacial score (nSPS) is 14.8. The zero-order chi connectivity index (χ0) is 15.8.